The summed E-state index contributed by atoms with van der Waals surface area (Å²) in [5.41, 5.74) is 1.02. The van der Waals surface area contributed by atoms with Crippen molar-refractivity contribution >= 4 is 11.9 Å². The summed E-state index contributed by atoms with van der Waals surface area (Å²) in [6, 6.07) is 14.5. The molecule has 3 atom stereocenters. The van der Waals surface area contributed by atoms with Gasteiger partial charge in [0.05, 0.1) is 12.6 Å². The average Bonchev–Trinajstić information content (AvgIpc) is 2.76. The fourth-order valence-corrected chi connectivity index (χ4v) is 3.62. The molecule has 1 amide bonds. The molecular weight excluding hydrogens is 422 g/mol. The Bertz CT molecular complexity index is 968. The van der Waals surface area contributed by atoms with E-state index < -0.39 is 23.9 Å². The Labute approximate surface area is 195 Å². The quantitative estimate of drug-likeness (QED) is 0.669. The van der Waals surface area contributed by atoms with Crippen molar-refractivity contribution in [1.82, 2.24) is 4.90 Å². The number of carbonyl (C=O) groups is 2. The molecule has 2 aromatic rings. The van der Waals surface area contributed by atoms with Crippen LogP contribution in [0.15, 0.2) is 48.5 Å². The molecule has 0 saturated heterocycles. The molecule has 1 aliphatic heterocycles. The summed E-state index contributed by atoms with van der Waals surface area (Å²) in [7, 11) is 0. The number of rotatable bonds is 7. The number of ether oxygens (including phenoxy) is 3. The third-order valence-corrected chi connectivity index (χ3v) is 5.37. The minimum Gasteiger partial charge on any atom is -0.485 e. The highest BCUT2D eigenvalue weighted by Gasteiger charge is 2.29. The standard InChI is InChI=1S/C26H33NO6/c1-17(13-19-11-12-22-23(14-19)31-16-24(32-22)18(2)28)27(25(30)33-26(3,4)5)15-21(29)20-9-7-6-8-10-20/h6-12,14,17,21,24,29H,13,15-16H2,1-5H3/t17?,21?,24-/m1/s1. The van der Waals surface area contributed by atoms with Crippen LogP contribution in [0.25, 0.3) is 0 Å². The van der Waals surface area contributed by atoms with Gasteiger partial charge < -0.3 is 24.2 Å². The Morgan fingerprint density at radius 1 is 1.15 bits per heavy atom. The molecule has 33 heavy (non-hydrogen) atoms. The van der Waals surface area contributed by atoms with E-state index >= 15 is 0 Å². The highest BCUT2D eigenvalue weighted by molar-refractivity contribution is 5.81. The van der Waals surface area contributed by atoms with Gasteiger partial charge in [-0.05, 0) is 64.3 Å². The Kier molecular flexibility index (Phi) is 7.64. The van der Waals surface area contributed by atoms with Gasteiger partial charge in [-0.15, -0.1) is 0 Å². The zero-order valence-corrected chi connectivity index (χ0v) is 19.9. The van der Waals surface area contributed by atoms with Crippen molar-refractivity contribution in [2.24, 2.45) is 0 Å². The Morgan fingerprint density at radius 3 is 2.48 bits per heavy atom. The van der Waals surface area contributed by atoms with Gasteiger partial charge in [-0.2, -0.15) is 0 Å². The second kappa shape index (κ2) is 10.3. The molecular formula is C26H33NO6. The lowest BCUT2D eigenvalue weighted by Crippen LogP contribution is -2.45. The van der Waals surface area contributed by atoms with E-state index in [0.717, 1.165) is 11.1 Å². The van der Waals surface area contributed by atoms with Gasteiger partial charge in [0.25, 0.3) is 0 Å². The molecule has 2 unspecified atom stereocenters. The maximum absolute atomic E-state index is 13.0. The number of nitrogens with zero attached hydrogens (tertiary/aromatic N) is 1. The number of ketones is 1. The van der Waals surface area contributed by atoms with Crippen LogP contribution in [0.5, 0.6) is 11.5 Å². The van der Waals surface area contributed by atoms with Crippen molar-refractivity contribution in [2.45, 2.75) is 64.9 Å². The molecule has 1 N–H and O–H groups in total. The second-order valence-electron chi connectivity index (χ2n) is 9.42. The molecule has 0 fully saturated rings. The number of aliphatic hydroxyl groups is 1. The van der Waals surface area contributed by atoms with Crippen molar-refractivity contribution in [3.63, 3.8) is 0 Å². The molecule has 0 spiro atoms. The van der Waals surface area contributed by atoms with Gasteiger partial charge in [0, 0.05) is 6.04 Å². The number of Topliss-reactive ketones (excluding diaryl/α,β-unsaturated/α-hetero) is 1. The lowest BCUT2D eigenvalue weighted by atomic mass is 10.0. The molecule has 0 aliphatic carbocycles. The molecule has 0 radical (unpaired) electrons. The topological polar surface area (TPSA) is 85.3 Å². The fraction of sp³-hybridized carbons (Fsp3) is 0.462. The molecule has 178 valence electrons. The van der Waals surface area contributed by atoms with Crippen molar-refractivity contribution in [3.8, 4) is 11.5 Å². The monoisotopic (exact) mass is 455 g/mol. The van der Waals surface area contributed by atoms with Gasteiger partial charge in [0.2, 0.25) is 0 Å². The van der Waals surface area contributed by atoms with Crippen molar-refractivity contribution < 1.29 is 28.9 Å². The Balaban J connectivity index is 1.76. The first kappa shape index (κ1) is 24.6. The molecule has 7 heteroatoms. The molecule has 1 aliphatic rings. The average molecular weight is 456 g/mol. The number of hydrogen-bond donors (Lipinski definition) is 1. The van der Waals surface area contributed by atoms with Crippen molar-refractivity contribution in [3.05, 3.63) is 59.7 Å². The molecule has 0 saturated carbocycles. The molecule has 1 heterocycles. The van der Waals surface area contributed by atoms with Gasteiger partial charge >= 0.3 is 6.09 Å². The Hall–Kier alpha value is -3.06. The van der Waals surface area contributed by atoms with Crippen LogP contribution in [0.4, 0.5) is 4.79 Å². The number of amides is 1. The predicted octanol–water partition coefficient (Wildman–Crippen LogP) is 4.32. The summed E-state index contributed by atoms with van der Waals surface area (Å²) in [6.45, 7) is 9.12. The van der Waals surface area contributed by atoms with E-state index in [2.05, 4.69) is 0 Å². The zero-order chi connectivity index (χ0) is 24.2. The van der Waals surface area contributed by atoms with Crippen LogP contribution in [-0.4, -0.2) is 52.8 Å². The normalized spacial score (nSPS) is 17.1. The van der Waals surface area contributed by atoms with Crippen LogP contribution in [0, 0.1) is 0 Å². The SMILES string of the molecule is CC(=O)[C@H]1COc2cc(CC(C)N(CC(O)c3ccccc3)C(=O)OC(C)(C)C)ccc2O1. The van der Waals surface area contributed by atoms with Crippen LogP contribution in [0.3, 0.4) is 0 Å². The van der Waals surface area contributed by atoms with Gasteiger partial charge in [-0.25, -0.2) is 4.79 Å². The fourth-order valence-electron chi connectivity index (χ4n) is 3.62. The number of carbonyl (C=O) groups excluding carboxylic acids is 2. The zero-order valence-electron chi connectivity index (χ0n) is 19.9. The van der Waals surface area contributed by atoms with Crippen LogP contribution in [-0.2, 0) is 16.0 Å². The number of aliphatic hydroxyl groups excluding tert-OH is 1. The van der Waals surface area contributed by atoms with Crippen LogP contribution in [0.2, 0.25) is 0 Å². The first-order valence-corrected chi connectivity index (χ1v) is 11.2. The van der Waals surface area contributed by atoms with E-state index in [4.69, 9.17) is 14.2 Å². The molecule has 0 bridgehead atoms. The minimum atomic E-state index is -0.843. The number of hydrogen-bond acceptors (Lipinski definition) is 6. The summed E-state index contributed by atoms with van der Waals surface area (Å²) in [6.07, 6.45) is -1.39. The number of fused-ring (bicyclic) bond motifs is 1. The van der Waals surface area contributed by atoms with Gasteiger partial charge in [0.1, 0.15) is 12.2 Å². The first-order valence-electron chi connectivity index (χ1n) is 11.2. The van der Waals surface area contributed by atoms with Crippen molar-refractivity contribution in [2.75, 3.05) is 13.2 Å². The maximum Gasteiger partial charge on any atom is 0.410 e. The van der Waals surface area contributed by atoms with Gasteiger partial charge in [-0.1, -0.05) is 36.4 Å². The highest BCUT2D eigenvalue weighted by atomic mass is 16.6. The van der Waals surface area contributed by atoms with E-state index in [1.807, 2.05) is 70.2 Å². The summed E-state index contributed by atoms with van der Waals surface area (Å²) in [5, 5.41) is 10.8. The molecule has 3 rings (SSSR count). The largest absolute Gasteiger partial charge is 0.485 e. The molecule has 7 nitrogen and oxygen atoms in total. The summed E-state index contributed by atoms with van der Waals surface area (Å²) in [4.78, 5) is 26.1. The van der Waals surface area contributed by atoms with E-state index in [1.54, 1.807) is 11.0 Å². The molecule has 0 aromatic heterocycles. The van der Waals surface area contributed by atoms with Gasteiger partial charge in [-0.3, -0.25) is 4.79 Å². The van der Waals surface area contributed by atoms with E-state index in [1.165, 1.54) is 6.92 Å². The van der Waals surface area contributed by atoms with Crippen molar-refractivity contribution in [1.29, 1.82) is 0 Å². The smallest absolute Gasteiger partial charge is 0.410 e. The maximum atomic E-state index is 13.0. The summed E-state index contributed by atoms with van der Waals surface area (Å²) in [5.74, 6) is 1.02. The lowest BCUT2D eigenvalue weighted by molar-refractivity contribution is -0.125. The van der Waals surface area contributed by atoms with E-state index in [-0.39, 0.29) is 25.0 Å². The third kappa shape index (κ3) is 6.71. The number of benzene rings is 2. The van der Waals surface area contributed by atoms with Crippen LogP contribution >= 0.6 is 0 Å². The van der Waals surface area contributed by atoms with E-state index in [0.29, 0.717) is 17.9 Å². The Morgan fingerprint density at radius 2 is 1.85 bits per heavy atom. The third-order valence-electron chi connectivity index (χ3n) is 5.37. The second-order valence-corrected chi connectivity index (χ2v) is 9.42. The summed E-state index contributed by atoms with van der Waals surface area (Å²) >= 11 is 0. The van der Waals surface area contributed by atoms with Crippen LogP contribution in [0.1, 0.15) is 51.8 Å². The lowest BCUT2D eigenvalue weighted by Gasteiger charge is -2.33. The highest BCUT2D eigenvalue weighted by Crippen LogP contribution is 2.33. The van der Waals surface area contributed by atoms with E-state index in [9.17, 15) is 14.7 Å². The predicted molar refractivity (Wildman–Crippen MR) is 125 cm³/mol. The molecule has 2 aromatic carbocycles. The minimum absolute atomic E-state index is 0.0803. The van der Waals surface area contributed by atoms with Gasteiger partial charge in [0.15, 0.2) is 23.4 Å². The first-order chi connectivity index (χ1) is 15.5. The summed E-state index contributed by atoms with van der Waals surface area (Å²) < 4.78 is 17.0. The van der Waals surface area contributed by atoms with Crippen LogP contribution < -0.4 is 9.47 Å².